The predicted molar refractivity (Wildman–Crippen MR) is 52.4 cm³/mol. The van der Waals surface area contributed by atoms with Crippen LogP contribution in [0.15, 0.2) is 12.3 Å². The monoisotopic (exact) mass is 265 g/mol. The molecule has 10 heteroatoms. The molecule has 0 bridgehead atoms. The van der Waals surface area contributed by atoms with E-state index in [-0.39, 0.29) is 0 Å². The third-order valence-electron chi connectivity index (χ3n) is 1.77. The number of aromatic nitrogens is 1. The summed E-state index contributed by atoms with van der Waals surface area (Å²) < 4.78 is 35.8. The van der Waals surface area contributed by atoms with Crippen LogP contribution in [-0.2, 0) is 0 Å². The van der Waals surface area contributed by atoms with Crippen LogP contribution in [0, 0.1) is 10.1 Å². The number of carbonyl (C=O) groups is 1. The van der Waals surface area contributed by atoms with E-state index in [0.717, 1.165) is 0 Å². The normalized spacial score (nSPS) is 11.1. The predicted octanol–water partition coefficient (Wildman–Crippen LogP) is 1.66. The number of hydrogen-bond acceptors (Lipinski definition) is 5. The Labute approximate surface area is 97.4 Å². The number of anilines is 1. The van der Waals surface area contributed by atoms with E-state index in [9.17, 15) is 28.1 Å². The van der Waals surface area contributed by atoms with Crippen LogP contribution in [0.2, 0.25) is 0 Å². The van der Waals surface area contributed by atoms with Gasteiger partial charge in [-0.3, -0.25) is 10.1 Å². The van der Waals surface area contributed by atoms with E-state index in [4.69, 9.17) is 5.11 Å². The molecule has 18 heavy (non-hydrogen) atoms. The molecule has 0 unspecified atom stereocenters. The third-order valence-corrected chi connectivity index (χ3v) is 1.77. The maximum atomic E-state index is 11.9. The van der Waals surface area contributed by atoms with Crippen LogP contribution >= 0.6 is 0 Å². The maximum Gasteiger partial charge on any atom is 0.405 e. The lowest BCUT2D eigenvalue weighted by Gasteiger charge is -2.10. The summed E-state index contributed by atoms with van der Waals surface area (Å²) in [5.41, 5.74) is -1.32. The zero-order valence-electron chi connectivity index (χ0n) is 8.56. The maximum absolute atomic E-state index is 11.9. The molecular weight excluding hydrogens is 259 g/mol. The Bertz CT molecular complexity index is 489. The van der Waals surface area contributed by atoms with Gasteiger partial charge in [0.2, 0.25) is 0 Å². The number of nitrogens with one attached hydrogen (secondary N) is 1. The fourth-order valence-electron chi connectivity index (χ4n) is 1.04. The zero-order valence-corrected chi connectivity index (χ0v) is 8.56. The minimum Gasteiger partial charge on any atom is -0.478 e. The van der Waals surface area contributed by atoms with Crippen molar-refractivity contribution in [1.82, 2.24) is 4.98 Å². The molecule has 0 saturated heterocycles. The number of hydrogen-bond donors (Lipinski definition) is 2. The summed E-state index contributed by atoms with van der Waals surface area (Å²) in [5, 5.41) is 20.9. The number of nitrogens with zero attached hydrogens (tertiary/aromatic N) is 2. The molecule has 98 valence electrons. The number of rotatable bonds is 4. The first-order valence-corrected chi connectivity index (χ1v) is 4.39. The molecule has 0 aliphatic carbocycles. The average Bonchev–Trinajstić information content (AvgIpc) is 2.24. The molecule has 0 aromatic carbocycles. The highest BCUT2D eigenvalue weighted by molar-refractivity contribution is 5.93. The van der Waals surface area contributed by atoms with Gasteiger partial charge in [-0.15, -0.1) is 0 Å². The van der Waals surface area contributed by atoms with Crippen LogP contribution < -0.4 is 5.32 Å². The Hall–Kier alpha value is -2.39. The molecule has 0 aliphatic rings. The lowest BCUT2D eigenvalue weighted by atomic mass is 10.2. The van der Waals surface area contributed by atoms with Crippen molar-refractivity contribution in [3.8, 4) is 0 Å². The summed E-state index contributed by atoms with van der Waals surface area (Å²) in [6, 6.07) is 0.633. The number of aromatic carboxylic acids is 1. The van der Waals surface area contributed by atoms with E-state index in [1.807, 2.05) is 0 Å². The highest BCUT2D eigenvalue weighted by atomic mass is 19.4. The second-order valence-electron chi connectivity index (χ2n) is 3.12. The standard InChI is InChI=1S/C8H6F3N3O4/c9-8(10,11)3-13-6-5(7(15)16)1-4(2-12-6)14(17)18/h1-2H,3H2,(H,12,13)(H,15,16). The van der Waals surface area contributed by atoms with Crippen molar-refractivity contribution >= 4 is 17.5 Å². The number of carboxylic acids is 1. The fourth-order valence-corrected chi connectivity index (χ4v) is 1.04. The van der Waals surface area contributed by atoms with E-state index in [1.165, 1.54) is 0 Å². The molecule has 1 rings (SSSR count). The summed E-state index contributed by atoms with van der Waals surface area (Å²) >= 11 is 0. The Morgan fingerprint density at radius 3 is 2.61 bits per heavy atom. The summed E-state index contributed by atoms with van der Waals surface area (Å²) in [6.45, 7) is -1.49. The second-order valence-corrected chi connectivity index (χ2v) is 3.12. The molecule has 0 radical (unpaired) electrons. The van der Waals surface area contributed by atoms with Gasteiger partial charge in [-0.05, 0) is 0 Å². The minimum absolute atomic E-state index is 0.578. The van der Waals surface area contributed by atoms with Crippen molar-refractivity contribution in [2.75, 3.05) is 11.9 Å². The highest BCUT2D eigenvalue weighted by Crippen LogP contribution is 2.21. The average molecular weight is 265 g/mol. The van der Waals surface area contributed by atoms with Crippen molar-refractivity contribution < 1.29 is 28.0 Å². The van der Waals surface area contributed by atoms with Crippen LogP contribution in [-0.4, -0.2) is 33.7 Å². The Morgan fingerprint density at radius 2 is 2.17 bits per heavy atom. The topological polar surface area (TPSA) is 105 Å². The van der Waals surface area contributed by atoms with Gasteiger partial charge in [-0.25, -0.2) is 9.78 Å². The van der Waals surface area contributed by atoms with Crippen molar-refractivity contribution in [1.29, 1.82) is 0 Å². The molecule has 1 aromatic rings. The smallest absolute Gasteiger partial charge is 0.405 e. The molecule has 2 N–H and O–H groups in total. The van der Waals surface area contributed by atoms with Crippen molar-refractivity contribution in [2.24, 2.45) is 0 Å². The summed E-state index contributed by atoms with van der Waals surface area (Å²) in [6.07, 6.45) is -3.88. The third kappa shape index (κ3) is 3.57. The van der Waals surface area contributed by atoms with Crippen LogP contribution in [0.1, 0.15) is 10.4 Å². The molecule has 0 aliphatic heterocycles. The van der Waals surface area contributed by atoms with Gasteiger partial charge in [-0.1, -0.05) is 0 Å². The van der Waals surface area contributed by atoms with Crippen molar-refractivity contribution in [2.45, 2.75) is 6.18 Å². The van der Waals surface area contributed by atoms with Gasteiger partial charge < -0.3 is 10.4 Å². The Balaban J connectivity index is 3.05. The second kappa shape index (κ2) is 4.85. The largest absolute Gasteiger partial charge is 0.478 e. The van der Waals surface area contributed by atoms with Gasteiger partial charge in [0.15, 0.2) is 0 Å². The highest BCUT2D eigenvalue weighted by Gasteiger charge is 2.28. The van der Waals surface area contributed by atoms with Gasteiger partial charge in [0.1, 0.15) is 24.1 Å². The molecular formula is C8H6F3N3O4. The van der Waals surface area contributed by atoms with Gasteiger partial charge >= 0.3 is 12.1 Å². The Kier molecular flexibility index (Phi) is 3.69. The van der Waals surface area contributed by atoms with Crippen LogP contribution in [0.25, 0.3) is 0 Å². The fraction of sp³-hybridized carbons (Fsp3) is 0.250. The molecule has 0 fully saturated rings. The lowest BCUT2D eigenvalue weighted by molar-refractivity contribution is -0.385. The quantitative estimate of drug-likeness (QED) is 0.633. The first-order chi connectivity index (χ1) is 8.20. The van der Waals surface area contributed by atoms with Gasteiger partial charge in [0.05, 0.1) is 4.92 Å². The molecule has 0 atom stereocenters. The lowest BCUT2D eigenvalue weighted by Crippen LogP contribution is -2.23. The molecule has 0 amide bonds. The minimum atomic E-state index is -4.56. The van der Waals surface area contributed by atoms with Crippen LogP contribution in [0.4, 0.5) is 24.7 Å². The summed E-state index contributed by atoms with van der Waals surface area (Å²) in [7, 11) is 0. The molecule has 1 heterocycles. The van der Waals surface area contributed by atoms with Crippen LogP contribution in [0.3, 0.4) is 0 Å². The van der Waals surface area contributed by atoms with Crippen molar-refractivity contribution in [3.63, 3.8) is 0 Å². The number of halogens is 3. The first-order valence-electron chi connectivity index (χ1n) is 4.39. The summed E-state index contributed by atoms with van der Waals surface area (Å²) in [5.74, 6) is -2.19. The Morgan fingerprint density at radius 1 is 1.56 bits per heavy atom. The molecule has 1 aromatic heterocycles. The van der Waals surface area contributed by atoms with Gasteiger partial charge in [-0.2, -0.15) is 13.2 Å². The molecule has 0 saturated carbocycles. The van der Waals surface area contributed by atoms with Gasteiger partial charge in [0, 0.05) is 6.07 Å². The number of alkyl halides is 3. The van der Waals surface area contributed by atoms with E-state index in [1.54, 1.807) is 5.32 Å². The van der Waals surface area contributed by atoms with Crippen LogP contribution in [0.5, 0.6) is 0 Å². The summed E-state index contributed by atoms with van der Waals surface area (Å²) in [4.78, 5) is 23.5. The van der Waals surface area contributed by atoms with Gasteiger partial charge in [0.25, 0.3) is 5.69 Å². The van der Waals surface area contributed by atoms with Crippen molar-refractivity contribution in [3.05, 3.63) is 27.9 Å². The first kappa shape index (κ1) is 13.7. The SMILES string of the molecule is O=C(O)c1cc([N+](=O)[O-])cnc1NCC(F)(F)F. The van der Waals surface area contributed by atoms with E-state index < -0.39 is 40.7 Å². The van der Waals surface area contributed by atoms with E-state index in [0.29, 0.717) is 12.3 Å². The van der Waals surface area contributed by atoms with E-state index >= 15 is 0 Å². The zero-order chi connectivity index (χ0) is 13.9. The number of nitro groups is 1. The molecule has 7 nitrogen and oxygen atoms in total. The van der Waals surface area contributed by atoms with E-state index in [2.05, 4.69) is 4.98 Å². The molecule has 0 spiro atoms. The number of carboxylic acid groups (broad SMARTS) is 1. The number of pyridine rings is 1.